The molecule has 3 rings (SSSR count). The second-order valence-electron chi connectivity index (χ2n) is 6.31. The zero-order chi connectivity index (χ0) is 19.2. The molecule has 142 valence electrons. The van der Waals surface area contributed by atoms with Crippen molar-refractivity contribution in [3.63, 3.8) is 0 Å². The second kappa shape index (κ2) is 8.58. The number of amides is 1. The Morgan fingerprint density at radius 3 is 2.37 bits per heavy atom. The van der Waals surface area contributed by atoms with Gasteiger partial charge in [-0.1, -0.05) is 31.2 Å². The first-order valence-electron chi connectivity index (χ1n) is 9.35. The van der Waals surface area contributed by atoms with Crippen molar-refractivity contribution in [3.05, 3.63) is 59.0 Å². The smallest absolute Gasteiger partial charge is 0.329 e. The molecular formula is C21H25N3O3. The summed E-state index contributed by atoms with van der Waals surface area (Å²) in [6.45, 7) is 5.50. The largest absolute Gasteiger partial charge is 0.491 e. The molecule has 0 aliphatic carbocycles. The molecule has 1 aromatic heterocycles. The lowest BCUT2D eigenvalue weighted by Crippen LogP contribution is -2.25. The Morgan fingerprint density at radius 2 is 1.67 bits per heavy atom. The second-order valence-corrected chi connectivity index (χ2v) is 6.31. The third kappa shape index (κ3) is 4.05. The van der Waals surface area contributed by atoms with E-state index >= 15 is 0 Å². The van der Waals surface area contributed by atoms with Crippen LogP contribution in [0.4, 0.5) is 5.69 Å². The molecule has 0 aliphatic rings. The molecular weight excluding hydrogens is 342 g/mol. The van der Waals surface area contributed by atoms with Crippen LogP contribution in [-0.2, 0) is 17.9 Å². The van der Waals surface area contributed by atoms with Crippen LogP contribution in [0.1, 0.15) is 26.7 Å². The Kier molecular flexibility index (Phi) is 5.96. The molecule has 0 unspecified atom stereocenters. The van der Waals surface area contributed by atoms with Gasteiger partial charge in [-0.05, 0) is 37.6 Å². The van der Waals surface area contributed by atoms with E-state index in [1.165, 1.54) is 0 Å². The number of aryl methyl sites for hydroxylation is 2. The maximum atomic E-state index is 12.6. The highest BCUT2D eigenvalue weighted by Gasteiger charge is 2.13. The molecule has 3 aromatic rings. The van der Waals surface area contributed by atoms with E-state index in [1.807, 2.05) is 62.4 Å². The monoisotopic (exact) mass is 367 g/mol. The highest BCUT2D eigenvalue weighted by molar-refractivity contribution is 5.92. The van der Waals surface area contributed by atoms with E-state index < -0.39 is 0 Å². The molecule has 0 bridgehead atoms. The normalized spacial score (nSPS) is 10.9. The zero-order valence-electron chi connectivity index (χ0n) is 15.8. The topological polar surface area (TPSA) is 65.3 Å². The van der Waals surface area contributed by atoms with Crippen LogP contribution in [0.15, 0.2) is 53.3 Å². The van der Waals surface area contributed by atoms with Crippen LogP contribution in [-0.4, -0.2) is 21.6 Å². The fraction of sp³-hybridized carbons (Fsp3) is 0.333. The minimum absolute atomic E-state index is 0.0850. The number of carbonyl (C=O) groups excluding carboxylic acids is 1. The van der Waals surface area contributed by atoms with E-state index in [-0.39, 0.29) is 18.0 Å². The fourth-order valence-corrected chi connectivity index (χ4v) is 3.13. The van der Waals surface area contributed by atoms with Gasteiger partial charge in [-0.15, -0.1) is 0 Å². The third-order valence-electron chi connectivity index (χ3n) is 4.43. The van der Waals surface area contributed by atoms with Gasteiger partial charge < -0.3 is 10.1 Å². The van der Waals surface area contributed by atoms with Gasteiger partial charge in [0.15, 0.2) is 0 Å². The number of aromatic nitrogens is 2. The van der Waals surface area contributed by atoms with Crippen LogP contribution in [0.3, 0.4) is 0 Å². The Morgan fingerprint density at radius 1 is 1.00 bits per heavy atom. The molecule has 0 spiro atoms. The Hall–Kier alpha value is -3.02. The predicted molar refractivity (Wildman–Crippen MR) is 107 cm³/mol. The summed E-state index contributed by atoms with van der Waals surface area (Å²) in [4.78, 5) is 25.1. The summed E-state index contributed by atoms with van der Waals surface area (Å²) in [7, 11) is 0. The standard InChI is InChI=1S/C21H25N3O3/c1-3-15-27-19-12-8-5-9-16(19)22-20(25)13-14-24-18-11-7-6-10-17(18)23(4-2)21(24)26/h5-12H,3-4,13-15H2,1-2H3,(H,22,25). The van der Waals surface area contributed by atoms with Crippen molar-refractivity contribution in [2.75, 3.05) is 11.9 Å². The number of rotatable bonds is 8. The number of anilines is 1. The fourth-order valence-electron chi connectivity index (χ4n) is 3.13. The maximum absolute atomic E-state index is 12.6. The minimum atomic E-state index is -0.150. The number of nitrogens with zero attached hydrogens (tertiary/aromatic N) is 2. The molecule has 1 N–H and O–H groups in total. The van der Waals surface area contributed by atoms with Crippen molar-refractivity contribution in [3.8, 4) is 5.75 Å². The van der Waals surface area contributed by atoms with Gasteiger partial charge in [0.25, 0.3) is 0 Å². The van der Waals surface area contributed by atoms with E-state index in [9.17, 15) is 9.59 Å². The molecule has 1 amide bonds. The van der Waals surface area contributed by atoms with Crippen LogP contribution >= 0.6 is 0 Å². The predicted octanol–water partition coefficient (Wildman–Crippen LogP) is 3.64. The van der Waals surface area contributed by atoms with E-state index in [0.717, 1.165) is 17.5 Å². The van der Waals surface area contributed by atoms with Crippen LogP contribution in [0.5, 0.6) is 5.75 Å². The summed E-state index contributed by atoms with van der Waals surface area (Å²) in [5.41, 5.74) is 2.31. The summed E-state index contributed by atoms with van der Waals surface area (Å²) in [5, 5.41) is 2.89. The number of carbonyl (C=O) groups is 1. The molecule has 0 aliphatic heterocycles. The van der Waals surface area contributed by atoms with Gasteiger partial charge in [0.05, 0.1) is 23.3 Å². The molecule has 0 saturated heterocycles. The molecule has 0 atom stereocenters. The van der Waals surface area contributed by atoms with Gasteiger partial charge in [0.1, 0.15) is 5.75 Å². The Balaban J connectivity index is 1.73. The van der Waals surface area contributed by atoms with Gasteiger partial charge in [-0.25, -0.2) is 4.79 Å². The van der Waals surface area contributed by atoms with E-state index in [0.29, 0.717) is 31.1 Å². The Labute approximate surface area is 158 Å². The summed E-state index contributed by atoms with van der Waals surface area (Å²) in [6, 6.07) is 15.0. The van der Waals surface area contributed by atoms with Gasteiger partial charge in [-0.2, -0.15) is 0 Å². The molecule has 27 heavy (non-hydrogen) atoms. The number of hydrogen-bond acceptors (Lipinski definition) is 3. The number of hydrogen-bond donors (Lipinski definition) is 1. The van der Waals surface area contributed by atoms with Gasteiger partial charge >= 0.3 is 5.69 Å². The first-order valence-corrected chi connectivity index (χ1v) is 9.35. The molecule has 6 heteroatoms. The third-order valence-corrected chi connectivity index (χ3v) is 4.43. The number of ether oxygens (including phenoxy) is 1. The number of imidazole rings is 1. The molecule has 0 radical (unpaired) electrons. The van der Waals surface area contributed by atoms with Crippen molar-refractivity contribution in [2.45, 2.75) is 39.8 Å². The molecule has 6 nitrogen and oxygen atoms in total. The van der Waals surface area contributed by atoms with Crippen LogP contribution in [0, 0.1) is 0 Å². The lowest BCUT2D eigenvalue weighted by Gasteiger charge is -2.12. The lowest BCUT2D eigenvalue weighted by molar-refractivity contribution is -0.116. The summed E-state index contributed by atoms with van der Waals surface area (Å²) in [6.07, 6.45) is 1.10. The highest BCUT2D eigenvalue weighted by atomic mass is 16.5. The summed E-state index contributed by atoms with van der Waals surface area (Å²) < 4.78 is 9.06. The molecule has 0 saturated carbocycles. The Bertz CT molecular complexity index is 988. The lowest BCUT2D eigenvalue weighted by atomic mass is 10.2. The van der Waals surface area contributed by atoms with E-state index in [1.54, 1.807) is 9.13 Å². The number of para-hydroxylation sites is 4. The average Bonchev–Trinajstić information content (AvgIpc) is 2.96. The quantitative estimate of drug-likeness (QED) is 0.661. The van der Waals surface area contributed by atoms with Gasteiger partial charge in [0, 0.05) is 19.5 Å². The van der Waals surface area contributed by atoms with Crippen LogP contribution in [0.2, 0.25) is 0 Å². The first-order chi connectivity index (χ1) is 13.2. The van der Waals surface area contributed by atoms with Crippen molar-refractivity contribution in [2.24, 2.45) is 0 Å². The maximum Gasteiger partial charge on any atom is 0.329 e. The molecule has 1 heterocycles. The van der Waals surface area contributed by atoms with Crippen molar-refractivity contribution in [1.82, 2.24) is 9.13 Å². The molecule has 0 fully saturated rings. The van der Waals surface area contributed by atoms with Crippen LogP contribution in [0.25, 0.3) is 11.0 Å². The number of benzene rings is 2. The van der Waals surface area contributed by atoms with E-state index in [2.05, 4.69) is 5.32 Å². The number of nitrogens with one attached hydrogen (secondary N) is 1. The number of fused-ring (bicyclic) bond motifs is 1. The average molecular weight is 367 g/mol. The zero-order valence-corrected chi connectivity index (χ0v) is 15.8. The van der Waals surface area contributed by atoms with Crippen LogP contribution < -0.4 is 15.7 Å². The first kappa shape index (κ1) is 18.8. The summed E-state index contributed by atoms with van der Waals surface area (Å²) >= 11 is 0. The SMILES string of the molecule is CCCOc1ccccc1NC(=O)CCn1c(=O)n(CC)c2ccccc21. The van der Waals surface area contributed by atoms with E-state index in [4.69, 9.17) is 4.74 Å². The molecule has 2 aromatic carbocycles. The van der Waals surface area contributed by atoms with Crippen molar-refractivity contribution in [1.29, 1.82) is 0 Å². The van der Waals surface area contributed by atoms with Gasteiger partial charge in [0.2, 0.25) is 5.91 Å². The summed E-state index contributed by atoms with van der Waals surface area (Å²) in [5.74, 6) is 0.509. The van der Waals surface area contributed by atoms with Crippen molar-refractivity contribution < 1.29 is 9.53 Å². The highest BCUT2D eigenvalue weighted by Crippen LogP contribution is 2.24. The van der Waals surface area contributed by atoms with Gasteiger partial charge in [-0.3, -0.25) is 13.9 Å². The minimum Gasteiger partial charge on any atom is -0.491 e. The van der Waals surface area contributed by atoms with Crippen molar-refractivity contribution >= 4 is 22.6 Å².